The van der Waals surface area contributed by atoms with Crippen LogP contribution in [0.3, 0.4) is 0 Å². The molecule has 0 radical (unpaired) electrons. The van der Waals surface area contributed by atoms with E-state index in [9.17, 15) is 27.9 Å². The molecular weight excluding hydrogens is 325 g/mol. The molecule has 2 N–H and O–H groups in total. The molecule has 0 aromatic heterocycles. The van der Waals surface area contributed by atoms with Crippen LogP contribution in [0.4, 0.5) is 18.9 Å². The van der Waals surface area contributed by atoms with Gasteiger partial charge in [0.15, 0.2) is 6.10 Å². The van der Waals surface area contributed by atoms with Crippen LogP contribution >= 0.6 is 0 Å². The van der Waals surface area contributed by atoms with Gasteiger partial charge in [-0.2, -0.15) is 13.2 Å². The minimum atomic E-state index is -4.67. The van der Waals surface area contributed by atoms with Crippen molar-refractivity contribution in [1.82, 2.24) is 4.90 Å². The molecule has 0 saturated carbocycles. The number of anilines is 1. The standard InChI is InChI=1S/C16H19F3N2O3/c1-10-4-2-3-5-12(10)20-14(23)15(24)21-8-6-11(7-9-21)13(22)16(17,18)19/h2-5,11,13,22H,6-9H2,1H3,(H,20,23). The van der Waals surface area contributed by atoms with Gasteiger partial charge in [0.25, 0.3) is 0 Å². The van der Waals surface area contributed by atoms with Crippen LogP contribution in [0.15, 0.2) is 24.3 Å². The summed E-state index contributed by atoms with van der Waals surface area (Å²) in [5.74, 6) is -2.55. The van der Waals surface area contributed by atoms with Gasteiger partial charge in [0.1, 0.15) is 0 Å². The average molecular weight is 344 g/mol. The smallest absolute Gasteiger partial charge is 0.383 e. The molecule has 1 saturated heterocycles. The number of nitrogens with zero attached hydrogens (tertiary/aromatic N) is 1. The first kappa shape index (κ1) is 18.3. The van der Waals surface area contributed by atoms with Crippen LogP contribution in [0.5, 0.6) is 0 Å². The second-order valence-electron chi connectivity index (χ2n) is 5.89. The molecule has 1 aliphatic rings. The Balaban J connectivity index is 1.91. The number of piperidine rings is 1. The van der Waals surface area contributed by atoms with Crippen molar-refractivity contribution in [3.8, 4) is 0 Å². The summed E-state index contributed by atoms with van der Waals surface area (Å²) >= 11 is 0. The van der Waals surface area contributed by atoms with Crippen molar-refractivity contribution in [1.29, 1.82) is 0 Å². The number of hydrogen-bond donors (Lipinski definition) is 2. The van der Waals surface area contributed by atoms with E-state index >= 15 is 0 Å². The third-order valence-corrected chi connectivity index (χ3v) is 4.20. The molecule has 0 aliphatic carbocycles. The molecule has 1 atom stereocenters. The van der Waals surface area contributed by atoms with Crippen LogP contribution in [0, 0.1) is 12.8 Å². The highest BCUT2D eigenvalue weighted by Crippen LogP contribution is 2.31. The molecule has 1 fully saturated rings. The van der Waals surface area contributed by atoms with Crippen molar-refractivity contribution in [2.75, 3.05) is 18.4 Å². The fraction of sp³-hybridized carbons (Fsp3) is 0.500. The molecule has 5 nitrogen and oxygen atoms in total. The number of aryl methyl sites for hydroxylation is 1. The monoisotopic (exact) mass is 344 g/mol. The molecule has 8 heteroatoms. The van der Waals surface area contributed by atoms with Gasteiger partial charge < -0.3 is 15.3 Å². The van der Waals surface area contributed by atoms with Crippen molar-refractivity contribution in [2.24, 2.45) is 5.92 Å². The number of alkyl halides is 3. The van der Waals surface area contributed by atoms with Crippen LogP contribution in [-0.4, -0.2) is 47.2 Å². The fourth-order valence-electron chi connectivity index (χ4n) is 2.72. The maximum Gasteiger partial charge on any atom is 0.414 e. The second-order valence-corrected chi connectivity index (χ2v) is 5.89. The maximum atomic E-state index is 12.5. The quantitative estimate of drug-likeness (QED) is 0.807. The Morgan fingerprint density at radius 2 is 1.83 bits per heavy atom. The molecule has 1 aromatic carbocycles. The minimum absolute atomic E-state index is 0.00403. The second kappa shape index (κ2) is 7.21. The van der Waals surface area contributed by atoms with Crippen LogP contribution < -0.4 is 5.32 Å². The summed E-state index contributed by atoms with van der Waals surface area (Å²) in [4.78, 5) is 25.3. The minimum Gasteiger partial charge on any atom is -0.383 e. The Morgan fingerprint density at radius 3 is 2.38 bits per heavy atom. The van der Waals surface area contributed by atoms with Crippen molar-refractivity contribution < 1.29 is 27.9 Å². The number of amides is 2. The molecule has 0 spiro atoms. The van der Waals surface area contributed by atoms with E-state index in [2.05, 4.69) is 5.32 Å². The van der Waals surface area contributed by atoms with Crippen molar-refractivity contribution >= 4 is 17.5 Å². The van der Waals surface area contributed by atoms with Gasteiger partial charge in [-0.3, -0.25) is 9.59 Å². The molecular formula is C16H19F3N2O3. The maximum absolute atomic E-state index is 12.5. The summed E-state index contributed by atoms with van der Waals surface area (Å²) in [6, 6.07) is 6.96. The number of rotatable bonds is 2. The number of carbonyl (C=O) groups is 2. The van der Waals surface area contributed by atoms with E-state index in [1.54, 1.807) is 31.2 Å². The highest BCUT2D eigenvalue weighted by molar-refractivity contribution is 6.39. The summed E-state index contributed by atoms with van der Waals surface area (Å²) in [6.07, 6.45) is -7.05. The molecule has 2 rings (SSSR count). The Bertz CT molecular complexity index is 611. The lowest BCUT2D eigenvalue weighted by Crippen LogP contribution is -2.48. The van der Waals surface area contributed by atoms with Gasteiger partial charge in [0.05, 0.1) is 0 Å². The Morgan fingerprint density at radius 1 is 1.25 bits per heavy atom. The van der Waals surface area contributed by atoms with E-state index in [1.807, 2.05) is 0 Å². The molecule has 2 amide bonds. The van der Waals surface area contributed by atoms with Crippen LogP contribution in [-0.2, 0) is 9.59 Å². The number of likely N-dealkylation sites (tertiary alicyclic amines) is 1. The summed E-state index contributed by atoms with van der Waals surface area (Å²) in [5, 5.41) is 11.8. The fourth-order valence-corrected chi connectivity index (χ4v) is 2.72. The zero-order chi connectivity index (χ0) is 17.9. The Kier molecular flexibility index (Phi) is 5.48. The van der Waals surface area contributed by atoms with Crippen molar-refractivity contribution in [3.05, 3.63) is 29.8 Å². The topological polar surface area (TPSA) is 69.6 Å². The zero-order valence-electron chi connectivity index (χ0n) is 13.1. The first-order valence-corrected chi connectivity index (χ1v) is 7.61. The van der Waals surface area contributed by atoms with E-state index in [-0.39, 0.29) is 25.9 Å². The van der Waals surface area contributed by atoms with Crippen LogP contribution in [0.1, 0.15) is 18.4 Å². The number of hydrogen-bond acceptors (Lipinski definition) is 3. The Labute approximate surface area is 137 Å². The first-order valence-electron chi connectivity index (χ1n) is 7.61. The third-order valence-electron chi connectivity index (χ3n) is 4.20. The summed E-state index contributed by atoms with van der Waals surface area (Å²) in [7, 11) is 0. The van der Waals surface area contributed by atoms with E-state index < -0.39 is 30.0 Å². The lowest BCUT2D eigenvalue weighted by Gasteiger charge is -2.34. The lowest BCUT2D eigenvalue weighted by molar-refractivity contribution is -0.222. The van der Waals surface area contributed by atoms with Crippen molar-refractivity contribution in [2.45, 2.75) is 32.0 Å². The molecule has 1 heterocycles. The number of aliphatic hydroxyl groups is 1. The van der Waals surface area contributed by atoms with E-state index in [0.29, 0.717) is 5.69 Å². The van der Waals surface area contributed by atoms with Gasteiger partial charge in [-0.05, 0) is 37.3 Å². The number of carbonyl (C=O) groups excluding carboxylic acids is 2. The van der Waals surface area contributed by atoms with E-state index in [1.165, 1.54) is 4.90 Å². The lowest BCUT2D eigenvalue weighted by atomic mass is 9.91. The highest BCUT2D eigenvalue weighted by atomic mass is 19.4. The first-order chi connectivity index (χ1) is 11.2. The average Bonchev–Trinajstić information content (AvgIpc) is 2.55. The number of nitrogens with one attached hydrogen (secondary N) is 1. The van der Waals surface area contributed by atoms with Gasteiger partial charge in [-0.25, -0.2) is 0 Å². The molecule has 132 valence electrons. The van der Waals surface area contributed by atoms with Gasteiger partial charge in [0, 0.05) is 18.8 Å². The number of para-hydroxylation sites is 1. The van der Waals surface area contributed by atoms with Crippen LogP contribution in [0.2, 0.25) is 0 Å². The largest absolute Gasteiger partial charge is 0.414 e. The van der Waals surface area contributed by atoms with Gasteiger partial charge in [-0.15, -0.1) is 0 Å². The third kappa shape index (κ3) is 4.25. The van der Waals surface area contributed by atoms with E-state index in [4.69, 9.17) is 0 Å². The summed E-state index contributed by atoms with van der Waals surface area (Å²) in [5.41, 5.74) is 1.31. The molecule has 1 aromatic rings. The normalized spacial score (nSPS) is 17.5. The van der Waals surface area contributed by atoms with Gasteiger partial charge >= 0.3 is 18.0 Å². The van der Waals surface area contributed by atoms with Gasteiger partial charge in [0.2, 0.25) is 0 Å². The summed E-state index contributed by atoms with van der Waals surface area (Å²) in [6.45, 7) is 1.81. The summed E-state index contributed by atoms with van der Waals surface area (Å²) < 4.78 is 37.5. The number of benzene rings is 1. The van der Waals surface area contributed by atoms with Crippen LogP contribution in [0.25, 0.3) is 0 Å². The highest BCUT2D eigenvalue weighted by Gasteiger charge is 2.44. The van der Waals surface area contributed by atoms with E-state index in [0.717, 1.165) is 5.56 Å². The molecule has 1 unspecified atom stereocenters. The predicted molar refractivity (Wildman–Crippen MR) is 81.2 cm³/mol. The van der Waals surface area contributed by atoms with Gasteiger partial charge in [-0.1, -0.05) is 18.2 Å². The Hall–Kier alpha value is -2.09. The predicted octanol–water partition coefficient (Wildman–Crippen LogP) is 2.10. The molecule has 24 heavy (non-hydrogen) atoms. The zero-order valence-corrected chi connectivity index (χ0v) is 13.1. The molecule has 0 bridgehead atoms. The SMILES string of the molecule is Cc1ccccc1NC(=O)C(=O)N1CCC(C(O)C(F)(F)F)CC1. The number of halogens is 3. The molecule has 1 aliphatic heterocycles. The number of aliphatic hydroxyl groups excluding tert-OH is 1. The van der Waals surface area contributed by atoms with Crippen molar-refractivity contribution in [3.63, 3.8) is 0 Å².